The van der Waals surface area contributed by atoms with E-state index in [4.69, 9.17) is 9.73 Å². The lowest BCUT2D eigenvalue weighted by molar-refractivity contribution is -0.139. The van der Waals surface area contributed by atoms with Crippen LogP contribution in [0.3, 0.4) is 0 Å². The van der Waals surface area contributed by atoms with E-state index in [0.29, 0.717) is 34.1 Å². The van der Waals surface area contributed by atoms with E-state index in [0.717, 1.165) is 6.26 Å². The number of nitrogens with one attached hydrogen (secondary N) is 2. The molecule has 2 N–H and O–H groups in total. The predicted octanol–water partition coefficient (Wildman–Crippen LogP) is 2.99. The highest BCUT2D eigenvalue weighted by Gasteiger charge is 2.60. The van der Waals surface area contributed by atoms with Crippen molar-refractivity contribution in [2.75, 3.05) is 39.0 Å². The first kappa shape index (κ1) is 34.0. The Hall–Kier alpha value is -3.34. The number of hydrogen-bond acceptors (Lipinski definition) is 11. The Morgan fingerprint density at radius 2 is 2.00 bits per heavy atom. The van der Waals surface area contributed by atoms with E-state index >= 15 is 8.78 Å². The maximum absolute atomic E-state index is 15.8. The molecular formula is C30H37F3N6O5S2. The Bertz CT molecular complexity index is 1680. The number of aliphatic imine (C=N–C) groups is 1. The van der Waals surface area contributed by atoms with Crippen LogP contribution in [0, 0.1) is 18.2 Å². The maximum atomic E-state index is 15.8. The fourth-order valence-electron chi connectivity index (χ4n) is 6.45. The highest BCUT2D eigenvalue weighted by atomic mass is 32.2. The van der Waals surface area contributed by atoms with Crippen LogP contribution in [0.25, 0.3) is 0 Å². The van der Waals surface area contributed by atoms with Gasteiger partial charge in [-0.25, -0.2) is 31.4 Å². The lowest BCUT2D eigenvalue weighted by Gasteiger charge is -2.34. The van der Waals surface area contributed by atoms with Crippen LogP contribution in [0.1, 0.15) is 49.4 Å². The number of aromatic nitrogens is 1. The molecule has 1 aromatic heterocycles. The molecule has 2 saturated heterocycles. The van der Waals surface area contributed by atoms with Gasteiger partial charge in [0, 0.05) is 43.0 Å². The van der Waals surface area contributed by atoms with E-state index in [2.05, 4.69) is 10.3 Å². The van der Waals surface area contributed by atoms with Gasteiger partial charge in [0.2, 0.25) is 15.9 Å². The van der Waals surface area contributed by atoms with Gasteiger partial charge in [-0.05, 0) is 51.3 Å². The Kier molecular flexibility index (Phi) is 9.38. The van der Waals surface area contributed by atoms with Crippen LogP contribution in [-0.2, 0) is 24.3 Å². The number of thiazole rings is 1. The Morgan fingerprint density at radius 3 is 2.65 bits per heavy atom. The lowest BCUT2D eigenvalue weighted by Crippen LogP contribution is -2.52. The normalized spacial score (nSPS) is 23.6. The minimum absolute atomic E-state index is 0.0532. The van der Waals surface area contributed by atoms with Crippen LogP contribution < -0.4 is 10.0 Å². The van der Waals surface area contributed by atoms with Crippen molar-refractivity contribution < 1.29 is 35.9 Å². The van der Waals surface area contributed by atoms with Crippen molar-refractivity contribution in [3.8, 4) is 0 Å². The Balaban J connectivity index is 1.50. The number of carbonyl (C=O) groups is 2. The van der Waals surface area contributed by atoms with Gasteiger partial charge in [-0.2, -0.15) is 0 Å². The smallest absolute Gasteiger partial charge is 0.338 e. The molecular weight excluding hydrogens is 645 g/mol. The summed E-state index contributed by atoms with van der Waals surface area (Å²) < 4.78 is 77.1. The average Bonchev–Trinajstić information content (AvgIpc) is 3.68. The SMILES string of the molecule is CCOC(=O)C1=C(CN2CC(F)(F)[C@H]3[C@@H]2CCN3CC(C)(C)C(=O)NS(C)(=O)=O)NC(c2nccs2)=N[C@H]1c1cccc(F)c1C. The molecule has 46 heavy (non-hydrogen) atoms. The van der Waals surface area contributed by atoms with Gasteiger partial charge in [-0.15, -0.1) is 11.3 Å². The first-order valence-electron chi connectivity index (χ1n) is 14.8. The molecule has 0 unspecified atom stereocenters. The van der Waals surface area contributed by atoms with Crippen molar-refractivity contribution in [3.05, 3.63) is 63.0 Å². The van der Waals surface area contributed by atoms with E-state index in [1.54, 1.807) is 41.3 Å². The number of amides is 1. The molecule has 0 bridgehead atoms. The molecule has 1 aromatic carbocycles. The third kappa shape index (κ3) is 6.85. The fraction of sp³-hybridized carbons (Fsp3) is 0.533. The maximum Gasteiger partial charge on any atom is 0.338 e. The highest BCUT2D eigenvalue weighted by molar-refractivity contribution is 7.89. The van der Waals surface area contributed by atoms with E-state index in [1.165, 1.54) is 37.3 Å². The molecule has 3 aliphatic rings. The van der Waals surface area contributed by atoms with E-state index in [-0.39, 0.29) is 31.8 Å². The number of sulfonamides is 1. The van der Waals surface area contributed by atoms with Crippen LogP contribution in [0.15, 0.2) is 46.0 Å². The number of halogens is 3. The van der Waals surface area contributed by atoms with E-state index < -0.39 is 63.7 Å². The van der Waals surface area contributed by atoms with Gasteiger partial charge in [0.15, 0.2) is 10.8 Å². The average molecular weight is 683 g/mol. The first-order chi connectivity index (χ1) is 21.5. The quantitative estimate of drug-likeness (QED) is 0.363. The van der Waals surface area contributed by atoms with Crippen LogP contribution in [-0.4, -0.2) is 98.0 Å². The molecule has 16 heteroatoms. The Morgan fingerprint density at radius 1 is 1.26 bits per heavy atom. The van der Waals surface area contributed by atoms with Crippen molar-refractivity contribution in [2.45, 2.75) is 58.2 Å². The van der Waals surface area contributed by atoms with Gasteiger partial charge < -0.3 is 10.1 Å². The van der Waals surface area contributed by atoms with Gasteiger partial charge in [0.05, 0.1) is 36.4 Å². The number of carbonyl (C=O) groups excluding carboxylic acids is 2. The number of benzene rings is 1. The molecule has 0 spiro atoms. The van der Waals surface area contributed by atoms with E-state index in [1.807, 2.05) is 4.72 Å². The fourth-order valence-corrected chi connectivity index (χ4v) is 7.66. The molecule has 3 atom stereocenters. The number of amidine groups is 1. The van der Waals surface area contributed by atoms with E-state index in [9.17, 15) is 22.4 Å². The van der Waals surface area contributed by atoms with Gasteiger partial charge >= 0.3 is 5.97 Å². The molecule has 5 rings (SSSR count). The van der Waals surface area contributed by atoms with Gasteiger partial charge in [0.25, 0.3) is 5.92 Å². The largest absolute Gasteiger partial charge is 0.463 e. The standard InChI is InChI=1S/C30H37F3N6O5S2/c1-6-44-27(40)22-20(35-25(26-34-11-13-45-26)36-23(22)18-8-7-9-19(31)17(18)2)14-39-16-30(32,33)24-21(39)10-12-38(24)15-29(3,4)28(41)37-46(5,42)43/h7-9,11,13,21,23-24H,6,10,12,14-16H2,1-5H3,(H,35,36)(H,37,41)/t21-,23-,24+/m0/s1. The summed E-state index contributed by atoms with van der Waals surface area (Å²) in [5, 5.41) is 5.43. The number of fused-ring (bicyclic) bond motifs is 1. The minimum atomic E-state index is -3.83. The molecule has 2 aromatic rings. The van der Waals surface area contributed by atoms with Gasteiger partial charge in [0.1, 0.15) is 11.9 Å². The summed E-state index contributed by atoms with van der Waals surface area (Å²) >= 11 is 1.30. The lowest BCUT2D eigenvalue weighted by atomic mass is 9.91. The molecule has 0 saturated carbocycles. The summed E-state index contributed by atoms with van der Waals surface area (Å²) in [5.41, 5.74) is -0.158. The molecule has 3 aliphatic heterocycles. The zero-order valence-electron chi connectivity index (χ0n) is 26.1. The summed E-state index contributed by atoms with van der Waals surface area (Å²) in [4.78, 5) is 38.5. The number of ether oxygens (including phenoxy) is 1. The minimum Gasteiger partial charge on any atom is -0.463 e. The van der Waals surface area contributed by atoms with Crippen LogP contribution in [0.4, 0.5) is 13.2 Å². The number of hydrogen-bond donors (Lipinski definition) is 2. The summed E-state index contributed by atoms with van der Waals surface area (Å²) in [6.45, 7) is 5.78. The third-order valence-electron chi connectivity index (χ3n) is 8.50. The van der Waals surface area contributed by atoms with Crippen molar-refractivity contribution in [1.29, 1.82) is 0 Å². The summed E-state index contributed by atoms with van der Waals surface area (Å²) in [6, 6.07) is 1.63. The molecule has 0 aliphatic carbocycles. The zero-order valence-corrected chi connectivity index (χ0v) is 27.8. The number of alkyl halides is 2. The van der Waals surface area contributed by atoms with Gasteiger partial charge in [-0.1, -0.05) is 12.1 Å². The number of rotatable bonds is 10. The van der Waals surface area contributed by atoms with Crippen molar-refractivity contribution in [3.63, 3.8) is 0 Å². The van der Waals surface area contributed by atoms with Crippen molar-refractivity contribution in [2.24, 2.45) is 10.4 Å². The summed E-state index contributed by atoms with van der Waals surface area (Å²) in [7, 11) is -3.83. The number of likely N-dealkylation sites (tertiary alicyclic amines) is 2. The second-order valence-corrected chi connectivity index (χ2v) is 15.1. The molecule has 11 nitrogen and oxygen atoms in total. The van der Waals surface area contributed by atoms with Crippen molar-refractivity contribution >= 4 is 39.1 Å². The second-order valence-electron chi connectivity index (χ2n) is 12.4. The van der Waals surface area contributed by atoms with Crippen LogP contribution in [0.5, 0.6) is 0 Å². The summed E-state index contributed by atoms with van der Waals surface area (Å²) in [5.74, 6) is -4.82. The first-order valence-corrected chi connectivity index (χ1v) is 17.6. The monoisotopic (exact) mass is 682 g/mol. The zero-order chi connectivity index (χ0) is 33.6. The van der Waals surface area contributed by atoms with Crippen LogP contribution in [0.2, 0.25) is 0 Å². The molecule has 0 radical (unpaired) electrons. The predicted molar refractivity (Wildman–Crippen MR) is 166 cm³/mol. The molecule has 2 fully saturated rings. The summed E-state index contributed by atoms with van der Waals surface area (Å²) in [6.07, 6.45) is 2.80. The number of nitrogens with zero attached hydrogens (tertiary/aromatic N) is 4. The molecule has 250 valence electrons. The highest BCUT2D eigenvalue weighted by Crippen LogP contribution is 2.44. The van der Waals surface area contributed by atoms with Crippen LogP contribution >= 0.6 is 11.3 Å². The third-order valence-corrected chi connectivity index (χ3v) is 9.83. The van der Waals surface area contributed by atoms with Crippen molar-refractivity contribution in [1.82, 2.24) is 24.8 Å². The Labute approximate surface area is 270 Å². The molecule has 1 amide bonds. The topological polar surface area (TPSA) is 133 Å². The van der Waals surface area contributed by atoms with Gasteiger partial charge in [-0.3, -0.25) is 24.3 Å². The second kappa shape index (κ2) is 12.7. The molecule has 4 heterocycles. The number of esters is 1.